The number of rotatable bonds is 4. The molecule has 0 bridgehead atoms. The molecule has 2 aromatic rings. The lowest BCUT2D eigenvalue weighted by Gasteiger charge is -2.02. The summed E-state index contributed by atoms with van der Waals surface area (Å²) in [5, 5.41) is 12.5. The molecule has 2 rings (SSSR count). The fourth-order valence-corrected chi connectivity index (χ4v) is 1.33. The predicted octanol–water partition coefficient (Wildman–Crippen LogP) is 2.64. The number of ether oxygens (including phenoxy) is 1. The van der Waals surface area contributed by atoms with E-state index in [2.05, 4.69) is 10.1 Å². The predicted molar refractivity (Wildman–Crippen MR) is 63.9 cm³/mol. The fraction of sp³-hybridized carbons (Fsp3) is 0.308. The van der Waals surface area contributed by atoms with E-state index in [1.165, 1.54) is 0 Å². The maximum absolute atomic E-state index is 8.67. The third kappa shape index (κ3) is 2.86. The Bertz CT molecular complexity index is 552. The van der Waals surface area contributed by atoms with Crippen molar-refractivity contribution < 1.29 is 9.26 Å². The quantitative estimate of drug-likeness (QED) is 0.825. The number of hydrogen-bond acceptors (Lipinski definition) is 5. The van der Waals surface area contributed by atoms with Crippen molar-refractivity contribution in [1.29, 1.82) is 5.26 Å². The van der Waals surface area contributed by atoms with Gasteiger partial charge in [0.05, 0.1) is 11.6 Å². The van der Waals surface area contributed by atoms with Crippen LogP contribution in [-0.4, -0.2) is 10.1 Å². The summed E-state index contributed by atoms with van der Waals surface area (Å²) in [4.78, 5) is 4.20. The molecule has 0 atom stereocenters. The van der Waals surface area contributed by atoms with E-state index < -0.39 is 0 Å². The van der Waals surface area contributed by atoms with Gasteiger partial charge in [0.1, 0.15) is 5.75 Å². The second-order valence-electron chi connectivity index (χ2n) is 4.13. The molecule has 1 aromatic heterocycles. The second-order valence-corrected chi connectivity index (χ2v) is 4.13. The highest BCUT2D eigenvalue weighted by Crippen LogP contribution is 2.14. The summed E-state index contributed by atoms with van der Waals surface area (Å²) >= 11 is 0. The van der Waals surface area contributed by atoms with Gasteiger partial charge in [-0.15, -0.1) is 0 Å². The van der Waals surface area contributed by atoms with Crippen LogP contribution in [0.15, 0.2) is 28.8 Å². The van der Waals surface area contributed by atoms with Crippen LogP contribution < -0.4 is 4.74 Å². The summed E-state index contributed by atoms with van der Waals surface area (Å²) in [7, 11) is 0. The maximum atomic E-state index is 8.67. The minimum Gasteiger partial charge on any atom is -0.484 e. The zero-order valence-electron chi connectivity index (χ0n) is 10.3. The van der Waals surface area contributed by atoms with E-state index >= 15 is 0 Å². The first kappa shape index (κ1) is 12.1. The third-order valence-electron chi connectivity index (χ3n) is 2.35. The lowest BCUT2D eigenvalue weighted by atomic mass is 10.2. The van der Waals surface area contributed by atoms with Crippen LogP contribution in [0.4, 0.5) is 0 Å². The molecule has 1 aromatic carbocycles. The summed E-state index contributed by atoms with van der Waals surface area (Å²) < 4.78 is 10.5. The number of nitriles is 1. The molecular weight excluding hydrogens is 230 g/mol. The number of benzene rings is 1. The summed E-state index contributed by atoms with van der Waals surface area (Å²) in [5.41, 5.74) is 0.599. The number of hydrogen-bond donors (Lipinski definition) is 0. The van der Waals surface area contributed by atoms with Gasteiger partial charge in [0, 0.05) is 5.92 Å². The Morgan fingerprint density at radius 2 is 2.06 bits per heavy atom. The highest BCUT2D eigenvalue weighted by atomic mass is 16.5. The Kier molecular flexibility index (Phi) is 3.58. The molecule has 0 aliphatic rings. The van der Waals surface area contributed by atoms with Gasteiger partial charge in [0.25, 0.3) is 5.89 Å². The zero-order chi connectivity index (χ0) is 13.0. The van der Waals surface area contributed by atoms with Crippen LogP contribution in [-0.2, 0) is 6.61 Å². The molecule has 0 unspecified atom stereocenters. The number of nitrogens with zero attached hydrogens (tertiary/aromatic N) is 3. The van der Waals surface area contributed by atoms with E-state index in [0.717, 1.165) is 0 Å². The van der Waals surface area contributed by atoms with Gasteiger partial charge in [-0.2, -0.15) is 10.2 Å². The lowest BCUT2D eigenvalue weighted by Crippen LogP contribution is -1.96. The van der Waals surface area contributed by atoms with Crippen LogP contribution in [0.2, 0.25) is 0 Å². The summed E-state index contributed by atoms with van der Waals surface area (Å²) in [6.07, 6.45) is 0. The van der Waals surface area contributed by atoms with Crippen molar-refractivity contribution in [2.45, 2.75) is 26.4 Å². The molecular formula is C13H13N3O2. The minimum atomic E-state index is 0.228. The lowest BCUT2D eigenvalue weighted by molar-refractivity contribution is 0.242. The first-order valence-corrected chi connectivity index (χ1v) is 5.64. The smallest absolute Gasteiger partial charge is 0.264 e. The molecule has 0 radical (unpaired) electrons. The Hall–Kier alpha value is -2.35. The average Bonchev–Trinajstić information content (AvgIpc) is 2.86. The molecule has 1 heterocycles. The molecule has 0 aliphatic carbocycles. The second kappa shape index (κ2) is 5.32. The van der Waals surface area contributed by atoms with Gasteiger partial charge in [-0.3, -0.25) is 0 Å². The molecule has 0 fully saturated rings. The van der Waals surface area contributed by atoms with Crippen molar-refractivity contribution >= 4 is 0 Å². The molecule has 0 spiro atoms. The zero-order valence-corrected chi connectivity index (χ0v) is 10.3. The minimum absolute atomic E-state index is 0.228. The Morgan fingerprint density at radius 3 is 2.61 bits per heavy atom. The largest absolute Gasteiger partial charge is 0.484 e. The van der Waals surface area contributed by atoms with E-state index in [1.807, 2.05) is 19.9 Å². The van der Waals surface area contributed by atoms with Crippen LogP contribution in [0.3, 0.4) is 0 Å². The van der Waals surface area contributed by atoms with Gasteiger partial charge in [-0.1, -0.05) is 19.0 Å². The van der Waals surface area contributed by atoms with Gasteiger partial charge < -0.3 is 9.26 Å². The fourth-order valence-electron chi connectivity index (χ4n) is 1.33. The van der Waals surface area contributed by atoms with Crippen molar-refractivity contribution in [3.05, 3.63) is 41.5 Å². The Labute approximate surface area is 105 Å². The van der Waals surface area contributed by atoms with Crippen molar-refractivity contribution in [2.75, 3.05) is 0 Å². The van der Waals surface area contributed by atoms with Crippen molar-refractivity contribution in [1.82, 2.24) is 10.1 Å². The molecule has 5 nitrogen and oxygen atoms in total. The normalized spacial score (nSPS) is 10.3. The van der Waals surface area contributed by atoms with Crippen LogP contribution in [0.1, 0.15) is 37.0 Å². The van der Waals surface area contributed by atoms with Gasteiger partial charge in [0.2, 0.25) is 0 Å². The first-order chi connectivity index (χ1) is 8.69. The van der Waals surface area contributed by atoms with Crippen LogP contribution in [0.25, 0.3) is 0 Å². The van der Waals surface area contributed by atoms with Gasteiger partial charge >= 0.3 is 0 Å². The van der Waals surface area contributed by atoms with E-state index in [1.54, 1.807) is 24.3 Å². The molecule has 5 heteroatoms. The standard InChI is InChI=1S/C13H13N3O2/c1-9(2)13-15-12(18-16-13)8-17-11-5-3-10(7-14)4-6-11/h3-6,9H,8H2,1-2H3. The molecule has 0 aliphatic heterocycles. The van der Waals surface area contributed by atoms with Crippen molar-refractivity contribution in [3.8, 4) is 11.8 Å². The third-order valence-corrected chi connectivity index (χ3v) is 2.35. The monoisotopic (exact) mass is 243 g/mol. The molecule has 0 N–H and O–H groups in total. The van der Waals surface area contributed by atoms with E-state index in [4.69, 9.17) is 14.5 Å². The van der Waals surface area contributed by atoms with Gasteiger partial charge in [-0.05, 0) is 24.3 Å². The molecule has 0 amide bonds. The average molecular weight is 243 g/mol. The molecule has 18 heavy (non-hydrogen) atoms. The Morgan fingerprint density at radius 1 is 1.33 bits per heavy atom. The SMILES string of the molecule is CC(C)c1noc(COc2ccc(C#N)cc2)n1. The summed E-state index contributed by atoms with van der Waals surface area (Å²) in [6.45, 7) is 4.22. The molecule has 0 saturated heterocycles. The highest BCUT2D eigenvalue weighted by Gasteiger charge is 2.09. The molecule has 0 saturated carbocycles. The van der Waals surface area contributed by atoms with Gasteiger partial charge in [-0.25, -0.2) is 0 Å². The Balaban J connectivity index is 1.96. The molecule has 92 valence electrons. The van der Waals surface area contributed by atoms with E-state index in [0.29, 0.717) is 23.0 Å². The van der Waals surface area contributed by atoms with Crippen LogP contribution in [0.5, 0.6) is 5.75 Å². The van der Waals surface area contributed by atoms with E-state index in [-0.39, 0.29) is 12.5 Å². The topological polar surface area (TPSA) is 71.9 Å². The van der Waals surface area contributed by atoms with E-state index in [9.17, 15) is 0 Å². The first-order valence-electron chi connectivity index (χ1n) is 5.64. The highest BCUT2D eigenvalue weighted by molar-refractivity contribution is 5.34. The maximum Gasteiger partial charge on any atom is 0.264 e. The summed E-state index contributed by atoms with van der Waals surface area (Å²) in [6, 6.07) is 8.91. The van der Waals surface area contributed by atoms with Crippen molar-refractivity contribution in [3.63, 3.8) is 0 Å². The van der Waals surface area contributed by atoms with Crippen molar-refractivity contribution in [2.24, 2.45) is 0 Å². The van der Waals surface area contributed by atoms with Gasteiger partial charge in [0.15, 0.2) is 12.4 Å². The van der Waals surface area contributed by atoms with Crippen LogP contribution in [0, 0.1) is 11.3 Å². The summed E-state index contributed by atoms with van der Waals surface area (Å²) in [5.74, 6) is 2.02. The number of aromatic nitrogens is 2. The van der Waals surface area contributed by atoms with Crippen LogP contribution >= 0.6 is 0 Å².